The summed E-state index contributed by atoms with van der Waals surface area (Å²) in [6.07, 6.45) is 6.06. The molecule has 2 aliphatic carbocycles. The molecule has 1 heterocycles. The number of Topliss-reactive ketones (excluding diaryl/α,β-unsaturated/α-hetero) is 1. The fourth-order valence-corrected chi connectivity index (χ4v) is 6.07. The van der Waals surface area contributed by atoms with Crippen molar-refractivity contribution >= 4 is 35.0 Å². The van der Waals surface area contributed by atoms with E-state index in [9.17, 15) is 9.59 Å². The maximum absolute atomic E-state index is 13.7. The Hall–Kier alpha value is -2.56. The number of hydrogen-bond donors (Lipinski definition) is 1. The maximum Gasteiger partial charge on any atom is 0.337 e. The van der Waals surface area contributed by atoms with Gasteiger partial charge in [0.2, 0.25) is 0 Å². The SMILES string of the molecule is CC1=C(C(=O)OC2CCCCC2)[C@@H](c2ccccc2Cl)C2=C(C[C@H](c3ccc(Cl)cc3)CC2=O)N1. The van der Waals surface area contributed by atoms with E-state index in [4.69, 9.17) is 27.9 Å². The molecule has 1 N–H and O–H groups in total. The summed E-state index contributed by atoms with van der Waals surface area (Å²) < 4.78 is 5.98. The highest BCUT2D eigenvalue weighted by Gasteiger charge is 2.42. The number of rotatable bonds is 4. The molecule has 0 bridgehead atoms. The summed E-state index contributed by atoms with van der Waals surface area (Å²) in [5, 5.41) is 4.62. The number of ketones is 1. The zero-order chi connectivity index (χ0) is 24.5. The van der Waals surface area contributed by atoms with Gasteiger partial charge in [-0.3, -0.25) is 4.79 Å². The van der Waals surface area contributed by atoms with Crippen molar-refractivity contribution in [2.75, 3.05) is 0 Å². The van der Waals surface area contributed by atoms with Crippen LogP contribution in [0.2, 0.25) is 10.0 Å². The van der Waals surface area contributed by atoms with Gasteiger partial charge in [0.05, 0.1) is 5.57 Å². The van der Waals surface area contributed by atoms with E-state index in [1.54, 1.807) is 0 Å². The van der Waals surface area contributed by atoms with Crippen LogP contribution < -0.4 is 5.32 Å². The monoisotopic (exact) mass is 509 g/mol. The Morgan fingerprint density at radius 3 is 2.40 bits per heavy atom. The minimum atomic E-state index is -0.547. The van der Waals surface area contributed by atoms with Gasteiger partial charge in [-0.25, -0.2) is 4.79 Å². The number of dihydropyridines is 1. The second kappa shape index (κ2) is 10.2. The van der Waals surface area contributed by atoms with Gasteiger partial charge in [0.25, 0.3) is 0 Å². The molecule has 1 fully saturated rings. The first-order chi connectivity index (χ1) is 16.9. The van der Waals surface area contributed by atoms with E-state index in [2.05, 4.69) is 5.32 Å². The highest BCUT2D eigenvalue weighted by Crippen LogP contribution is 2.47. The van der Waals surface area contributed by atoms with Gasteiger partial charge in [-0.05, 0) is 74.3 Å². The number of benzene rings is 2. The van der Waals surface area contributed by atoms with E-state index < -0.39 is 5.92 Å². The second-order valence-corrected chi connectivity index (χ2v) is 10.6. The smallest absolute Gasteiger partial charge is 0.337 e. The first-order valence-electron chi connectivity index (χ1n) is 12.4. The summed E-state index contributed by atoms with van der Waals surface area (Å²) >= 11 is 12.7. The average Bonchev–Trinajstić information content (AvgIpc) is 2.84. The molecule has 182 valence electrons. The van der Waals surface area contributed by atoms with Crippen LogP contribution in [0.1, 0.15) is 74.8 Å². The largest absolute Gasteiger partial charge is 0.459 e. The van der Waals surface area contributed by atoms with E-state index in [0.29, 0.717) is 34.0 Å². The molecule has 1 saturated carbocycles. The van der Waals surface area contributed by atoms with Gasteiger partial charge in [-0.15, -0.1) is 0 Å². The number of allylic oxidation sites excluding steroid dienone is 3. The van der Waals surface area contributed by atoms with Crippen LogP contribution >= 0.6 is 23.2 Å². The molecule has 0 aromatic heterocycles. The molecule has 2 aromatic rings. The Bertz CT molecular complexity index is 1210. The zero-order valence-corrected chi connectivity index (χ0v) is 21.3. The molecule has 5 rings (SSSR count). The summed E-state index contributed by atoms with van der Waals surface area (Å²) in [4.78, 5) is 27.3. The molecule has 0 amide bonds. The third-order valence-corrected chi connectivity index (χ3v) is 8.03. The Balaban J connectivity index is 1.53. The van der Waals surface area contributed by atoms with Crippen LogP contribution in [-0.4, -0.2) is 17.9 Å². The van der Waals surface area contributed by atoms with Crippen LogP contribution in [0.3, 0.4) is 0 Å². The van der Waals surface area contributed by atoms with Gasteiger partial charge in [0, 0.05) is 39.4 Å². The molecule has 2 aromatic carbocycles. The topological polar surface area (TPSA) is 55.4 Å². The van der Waals surface area contributed by atoms with Crippen molar-refractivity contribution in [1.29, 1.82) is 0 Å². The Kier molecular flexibility index (Phi) is 7.04. The number of carbonyl (C=O) groups is 2. The summed E-state index contributed by atoms with van der Waals surface area (Å²) in [7, 11) is 0. The average molecular weight is 510 g/mol. The molecule has 3 aliphatic rings. The Morgan fingerprint density at radius 1 is 0.971 bits per heavy atom. The summed E-state index contributed by atoms with van der Waals surface area (Å²) in [5.41, 5.74) is 4.54. The lowest BCUT2D eigenvalue weighted by atomic mass is 9.71. The van der Waals surface area contributed by atoms with Crippen molar-refractivity contribution in [3.05, 3.63) is 92.2 Å². The minimum absolute atomic E-state index is 0.0269. The lowest BCUT2D eigenvalue weighted by molar-refractivity contribution is -0.146. The van der Waals surface area contributed by atoms with Gasteiger partial charge in [0.15, 0.2) is 5.78 Å². The van der Waals surface area contributed by atoms with Crippen molar-refractivity contribution in [2.24, 2.45) is 0 Å². The van der Waals surface area contributed by atoms with Crippen LogP contribution in [0.25, 0.3) is 0 Å². The van der Waals surface area contributed by atoms with Crippen molar-refractivity contribution in [3.63, 3.8) is 0 Å². The molecule has 35 heavy (non-hydrogen) atoms. The number of halogens is 2. The van der Waals surface area contributed by atoms with Gasteiger partial charge in [-0.1, -0.05) is 60.0 Å². The molecule has 0 spiro atoms. The molecule has 6 heteroatoms. The number of nitrogens with one attached hydrogen (secondary N) is 1. The highest BCUT2D eigenvalue weighted by molar-refractivity contribution is 6.31. The fraction of sp³-hybridized carbons (Fsp3) is 0.379. The quantitative estimate of drug-likeness (QED) is 0.441. The van der Waals surface area contributed by atoms with Gasteiger partial charge in [0.1, 0.15) is 6.10 Å². The van der Waals surface area contributed by atoms with E-state index in [1.165, 1.54) is 6.42 Å². The second-order valence-electron chi connectivity index (χ2n) is 9.76. The lowest BCUT2D eigenvalue weighted by Gasteiger charge is -2.37. The van der Waals surface area contributed by atoms with E-state index in [1.807, 2.05) is 55.5 Å². The van der Waals surface area contributed by atoms with Crippen LogP contribution in [0.5, 0.6) is 0 Å². The van der Waals surface area contributed by atoms with Gasteiger partial charge < -0.3 is 10.1 Å². The molecule has 0 unspecified atom stereocenters. The van der Waals surface area contributed by atoms with Gasteiger partial charge in [-0.2, -0.15) is 0 Å². The molecule has 1 aliphatic heterocycles. The van der Waals surface area contributed by atoms with E-state index in [-0.39, 0.29) is 23.8 Å². The van der Waals surface area contributed by atoms with Crippen LogP contribution in [-0.2, 0) is 14.3 Å². The third-order valence-electron chi connectivity index (χ3n) is 7.43. The van der Waals surface area contributed by atoms with Crippen molar-refractivity contribution in [2.45, 2.75) is 69.8 Å². The predicted molar refractivity (Wildman–Crippen MR) is 138 cm³/mol. The normalized spacial score (nSPS) is 23.1. The predicted octanol–water partition coefficient (Wildman–Crippen LogP) is 7.23. The van der Waals surface area contributed by atoms with Crippen LogP contribution in [0.15, 0.2) is 71.1 Å². The first-order valence-corrected chi connectivity index (χ1v) is 13.1. The van der Waals surface area contributed by atoms with E-state index >= 15 is 0 Å². The standard InChI is InChI=1S/C29H29Cl2NO3/c1-17-26(29(34)35-21-7-3-2-4-8-21)27(22-9-5-6-10-23(22)31)28-24(32-17)15-19(16-25(28)33)18-11-13-20(30)14-12-18/h5-6,9-14,19,21,27,32H,2-4,7-8,15-16H2,1H3/t19-,27+/m0/s1. The van der Waals surface area contributed by atoms with E-state index in [0.717, 1.165) is 48.2 Å². The molecule has 0 radical (unpaired) electrons. The molecular weight excluding hydrogens is 481 g/mol. The summed E-state index contributed by atoms with van der Waals surface area (Å²) in [5.74, 6) is -0.832. The highest BCUT2D eigenvalue weighted by atomic mass is 35.5. The lowest BCUT2D eigenvalue weighted by Crippen LogP contribution is -2.37. The van der Waals surface area contributed by atoms with Crippen molar-refractivity contribution in [1.82, 2.24) is 5.32 Å². The van der Waals surface area contributed by atoms with Crippen LogP contribution in [0.4, 0.5) is 0 Å². The summed E-state index contributed by atoms with van der Waals surface area (Å²) in [6, 6.07) is 15.1. The van der Waals surface area contributed by atoms with Gasteiger partial charge >= 0.3 is 5.97 Å². The van der Waals surface area contributed by atoms with Crippen LogP contribution in [0, 0.1) is 0 Å². The Morgan fingerprint density at radius 2 is 1.69 bits per heavy atom. The van der Waals surface area contributed by atoms with Crippen molar-refractivity contribution < 1.29 is 14.3 Å². The summed E-state index contributed by atoms with van der Waals surface area (Å²) in [6.45, 7) is 1.89. The molecule has 4 nitrogen and oxygen atoms in total. The fourth-order valence-electron chi connectivity index (χ4n) is 5.70. The maximum atomic E-state index is 13.7. The Labute approximate surface area is 216 Å². The first kappa shape index (κ1) is 24.1. The molecule has 2 atom stereocenters. The van der Waals surface area contributed by atoms with Crippen molar-refractivity contribution in [3.8, 4) is 0 Å². The number of hydrogen-bond acceptors (Lipinski definition) is 4. The molecule has 0 saturated heterocycles. The third kappa shape index (κ3) is 4.92. The number of esters is 1. The minimum Gasteiger partial charge on any atom is -0.459 e. The number of carbonyl (C=O) groups excluding carboxylic acids is 2. The zero-order valence-electron chi connectivity index (χ0n) is 19.8. The number of ether oxygens (including phenoxy) is 1. The molecular formula is C29H29Cl2NO3.